The summed E-state index contributed by atoms with van der Waals surface area (Å²) in [5.41, 5.74) is 4.48. The van der Waals surface area contributed by atoms with E-state index in [-0.39, 0.29) is 5.91 Å². The number of hydrogen-bond donors (Lipinski definition) is 1. The summed E-state index contributed by atoms with van der Waals surface area (Å²) in [7, 11) is 0. The number of carbonyl (C=O) groups excluding carboxylic acids is 1. The summed E-state index contributed by atoms with van der Waals surface area (Å²) in [6.07, 6.45) is 5.59. The Bertz CT molecular complexity index is 1310. The van der Waals surface area contributed by atoms with Crippen LogP contribution in [-0.4, -0.2) is 25.1 Å². The predicted octanol–water partition coefficient (Wildman–Crippen LogP) is 4.12. The number of nitrogens with one attached hydrogen (secondary N) is 1. The van der Waals surface area contributed by atoms with Gasteiger partial charge in [-0.2, -0.15) is 5.10 Å². The van der Waals surface area contributed by atoms with E-state index in [9.17, 15) is 4.79 Å². The minimum absolute atomic E-state index is 0.231. The second-order valence-corrected chi connectivity index (χ2v) is 6.92. The Morgan fingerprint density at radius 1 is 0.867 bits per heavy atom. The molecule has 6 nitrogen and oxygen atoms in total. The molecule has 0 unspecified atom stereocenters. The fourth-order valence-corrected chi connectivity index (χ4v) is 3.41. The molecule has 1 aromatic carbocycles. The summed E-state index contributed by atoms with van der Waals surface area (Å²) in [6, 6.07) is 25.8. The third-order valence-corrected chi connectivity index (χ3v) is 4.95. The fourth-order valence-electron chi connectivity index (χ4n) is 3.41. The number of amides is 1. The van der Waals surface area contributed by atoms with Crippen LogP contribution in [0.2, 0.25) is 0 Å². The van der Waals surface area contributed by atoms with E-state index in [0.717, 1.165) is 28.2 Å². The first kappa shape index (κ1) is 17.9. The molecule has 0 aliphatic heterocycles. The molecule has 30 heavy (non-hydrogen) atoms. The fraction of sp³-hybridized carbons (Fsp3) is 0.0417. The number of benzene rings is 1. The molecule has 1 N–H and O–H groups in total. The first-order chi connectivity index (χ1) is 14.8. The Balaban J connectivity index is 1.41. The second-order valence-electron chi connectivity index (χ2n) is 6.92. The van der Waals surface area contributed by atoms with E-state index < -0.39 is 0 Å². The van der Waals surface area contributed by atoms with Gasteiger partial charge in [0, 0.05) is 24.1 Å². The maximum Gasteiger partial charge on any atom is 0.272 e. The van der Waals surface area contributed by atoms with Gasteiger partial charge in [0.15, 0.2) is 5.69 Å². The van der Waals surface area contributed by atoms with Gasteiger partial charge in [0.2, 0.25) is 0 Å². The first-order valence-electron chi connectivity index (χ1n) is 9.69. The van der Waals surface area contributed by atoms with Crippen molar-refractivity contribution in [3.05, 3.63) is 109 Å². The summed E-state index contributed by atoms with van der Waals surface area (Å²) in [5.74, 6) is 0.636. The van der Waals surface area contributed by atoms with Gasteiger partial charge in [-0.05, 0) is 47.5 Å². The van der Waals surface area contributed by atoms with Gasteiger partial charge >= 0.3 is 0 Å². The zero-order chi connectivity index (χ0) is 20.3. The topological polar surface area (TPSA) is 64.2 Å². The van der Waals surface area contributed by atoms with Crippen LogP contribution in [0, 0.1) is 0 Å². The molecule has 1 amide bonds. The Kier molecular flexibility index (Phi) is 4.57. The van der Waals surface area contributed by atoms with Crippen LogP contribution in [0.3, 0.4) is 0 Å². The van der Waals surface area contributed by atoms with Gasteiger partial charge in [0.05, 0.1) is 12.2 Å². The van der Waals surface area contributed by atoms with Gasteiger partial charge < -0.3 is 9.72 Å². The minimum atomic E-state index is -0.231. The number of pyridine rings is 2. The van der Waals surface area contributed by atoms with Gasteiger partial charge in [0.1, 0.15) is 5.82 Å². The average molecular weight is 393 g/mol. The molecule has 4 aromatic heterocycles. The quantitative estimate of drug-likeness (QED) is 0.489. The number of nitrogens with zero attached hydrogens (tertiary/aromatic N) is 4. The van der Waals surface area contributed by atoms with Crippen LogP contribution < -0.4 is 5.32 Å². The summed E-state index contributed by atoms with van der Waals surface area (Å²) >= 11 is 0. The van der Waals surface area contributed by atoms with E-state index in [2.05, 4.69) is 50.3 Å². The normalized spacial score (nSPS) is 10.9. The van der Waals surface area contributed by atoms with Gasteiger partial charge in [-0.15, -0.1) is 0 Å². The highest BCUT2D eigenvalue weighted by molar-refractivity contribution is 5.92. The number of rotatable bonds is 5. The van der Waals surface area contributed by atoms with Crippen LogP contribution in [0.25, 0.3) is 22.5 Å². The zero-order valence-electron chi connectivity index (χ0n) is 16.1. The van der Waals surface area contributed by atoms with Crippen LogP contribution >= 0.6 is 0 Å². The van der Waals surface area contributed by atoms with E-state index in [1.165, 1.54) is 0 Å². The second kappa shape index (κ2) is 7.67. The van der Waals surface area contributed by atoms with Crippen molar-refractivity contribution in [3.63, 3.8) is 0 Å². The van der Waals surface area contributed by atoms with Crippen molar-refractivity contribution in [2.45, 2.75) is 6.54 Å². The molecule has 0 bridgehead atoms. The predicted molar refractivity (Wildman–Crippen MR) is 115 cm³/mol. The highest BCUT2D eigenvalue weighted by Crippen LogP contribution is 2.22. The molecule has 4 heterocycles. The van der Waals surface area contributed by atoms with Crippen LogP contribution in [-0.2, 0) is 6.54 Å². The number of carbonyl (C=O) groups is 1. The Morgan fingerprint density at radius 2 is 1.70 bits per heavy atom. The monoisotopic (exact) mass is 393 g/mol. The zero-order valence-corrected chi connectivity index (χ0v) is 16.1. The van der Waals surface area contributed by atoms with E-state index in [1.54, 1.807) is 23.1 Å². The van der Waals surface area contributed by atoms with E-state index in [0.29, 0.717) is 12.2 Å². The lowest BCUT2D eigenvalue weighted by Crippen LogP contribution is -2.23. The molecular formula is C24H19N5O. The lowest BCUT2D eigenvalue weighted by atomic mass is 10.1. The number of fused-ring (bicyclic) bond motifs is 1. The highest BCUT2D eigenvalue weighted by atomic mass is 16.1. The van der Waals surface area contributed by atoms with Gasteiger partial charge in [-0.25, -0.2) is 4.68 Å². The molecule has 5 aromatic rings. The van der Waals surface area contributed by atoms with Crippen LogP contribution in [0.5, 0.6) is 0 Å². The first-order valence-corrected chi connectivity index (χ1v) is 9.69. The molecule has 0 aliphatic rings. The SMILES string of the molecule is O=C(NCc1ccccn1)c1ccn(-c2ccc3ccc(-c4ccccc4)cn23)n1. The minimum Gasteiger partial charge on any atom is -0.345 e. The Labute approximate surface area is 173 Å². The summed E-state index contributed by atoms with van der Waals surface area (Å²) in [6.45, 7) is 0.362. The Morgan fingerprint density at radius 3 is 2.53 bits per heavy atom. The molecule has 0 atom stereocenters. The lowest BCUT2D eigenvalue weighted by Gasteiger charge is -2.07. The van der Waals surface area contributed by atoms with Crippen molar-refractivity contribution in [3.8, 4) is 16.9 Å². The van der Waals surface area contributed by atoms with Crippen molar-refractivity contribution in [1.29, 1.82) is 0 Å². The van der Waals surface area contributed by atoms with Crippen molar-refractivity contribution in [1.82, 2.24) is 24.5 Å². The molecule has 0 aliphatic carbocycles. The molecule has 0 spiro atoms. The van der Waals surface area contributed by atoms with Crippen molar-refractivity contribution in [2.24, 2.45) is 0 Å². The molecule has 6 heteroatoms. The van der Waals surface area contributed by atoms with Crippen molar-refractivity contribution >= 4 is 11.4 Å². The molecule has 0 saturated carbocycles. The van der Waals surface area contributed by atoms with E-state index >= 15 is 0 Å². The van der Waals surface area contributed by atoms with Crippen LogP contribution in [0.1, 0.15) is 16.2 Å². The molecule has 0 saturated heterocycles. The maximum absolute atomic E-state index is 12.5. The molecule has 0 radical (unpaired) electrons. The van der Waals surface area contributed by atoms with Gasteiger partial charge in [0.25, 0.3) is 5.91 Å². The lowest BCUT2D eigenvalue weighted by molar-refractivity contribution is 0.0945. The molecule has 0 fully saturated rings. The van der Waals surface area contributed by atoms with Gasteiger partial charge in [-0.3, -0.25) is 9.78 Å². The maximum atomic E-state index is 12.5. The smallest absolute Gasteiger partial charge is 0.272 e. The third-order valence-electron chi connectivity index (χ3n) is 4.95. The molecule has 5 rings (SSSR count). The number of hydrogen-bond acceptors (Lipinski definition) is 3. The largest absolute Gasteiger partial charge is 0.345 e. The van der Waals surface area contributed by atoms with Crippen LogP contribution in [0.15, 0.2) is 97.5 Å². The molecular weight excluding hydrogens is 374 g/mol. The van der Waals surface area contributed by atoms with Crippen LogP contribution in [0.4, 0.5) is 0 Å². The summed E-state index contributed by atoms with van der Waals surface area (Å²) < 4.78 is 3.79. The van der Waals surface area contributed by atoms with E-state index in [4.69, 9.17) is 0 Å². The van der Waals surface area contributed by atoms with Gasteiger partial charge in [-0.1, -0.05) is 42.5 Å². The Hall–Kier alpha value is -4.19. The standard InChI is InChI=1S/C24H19N5O/c30-24(26-16-20-8-4-5-14-25-20)22-13-15-29(27-22)23-12-11-21-10-9-19(17-28(21)23)18-6-2-1-3-7-18/h1-15,17H,16H2,(H,26,30). The summed E-state index contributed by atoms with van der Waals surface area (Å²) in [5, 5.41) is 7.34. The van der Waals surface area contributed by atoms with Crippen molar-refractivity contribution < 1.29 is 4.79 Å². The molecule has 146 valence electrons. The van der Waals surface area contributed by atoms with Crippen molar-refractivity contribution in [2.75, 3.05) is 0 Å². The van der Waals surface area contributed by atoms with E-state index in [1.807, 2.05) is 48.5 Å². The third kappa shape index (κ3) is 3.46. The number of aromatic nitrogens is 4. The summed E-state index contributed by atoms with van der Waals surface area (Å²) in [4.78, 5) is 16.7. The average Bonchev–Trinajstić information content (AvgIpc) is 3.45. The highest BCUT2D eigenvalue weighted by Gasteiger charge is 2.12.